The first kappa shape index (κ1) is 17.9. The van der Waals surface area contributed by atoms with Gasteiger partial charge < -0.3 is 35.0 Å². The number of carboxylic acids is 3. The van der Waals surface area contributed by atoms with E-state index in [9.17, 15) is 29.7 Å². The maximum Gasteiger partial charge on any atom is 0.130 e. The molecule has 0 saturated carbocycles. The van der Waals surface area contributed by atoms with Gasteiger partial charge in [-0.15, -0.1) is 0 Å². The first-order chi connectivity index (χ1) is 10.2. The van der Waals surface area contributed by atoms with E-state index in [1.807, 2.05) is 0 Å². The monoisotopic (exact) mass is 309 g/mol. The number of carbonyl (C=O) groups is 3. The average molecular weight is 309 g/mol. The fourth-order valence-electron chi connectivity index (χ4n) is 2.73. The molecule has 0 aromatic carbocycles. The van der Waals surface area contributed by atoms with E-state index >= 15 is 0 Å². The normalized spacial score (nSPS) is 27.0. The summed E-state index contributed by atoms with van der Waals surface area (Å²) in [5.41, 5.74) is 0.785. The molecule has 0 amide bonds. The molecule has 22 heavy (non-hydrogen) atoms. The molecule has 0 aliphatic carbocycles. The van der Waals surface area contributed by atoms with Crippen LogP contribution in [0.25, 0.3) is 0 Å². The number of nitrogens with two attached hydrogens (primary N) is 1. The zero-order valence-corrected chi connectivity index (χ0v) is 12.5. The molecule has 4 atom stereocenters. The molecule has 0 aromatic heterocycles. The maximum atomic E-state index is 11.1. The van der Waals surface area contributed by atoms with Crippen LogP contribution in [-0.2, 0) is 14.4 Å². The Hall–Kier alpha value is -2.15. The number of allylic oxidation sites excluding steroid dienone is 2. The van der Waals surface area contributed by atoms with E-state index < -0.39 is 35.8 Å². The average Bonchev–Trinajstić information content (AvgIpc) is 2.81. The van der Waals surface area contributed by atoms with Crippen molar-refractivity contribution in [3.8, 4) is 0 Å². The van der Waals surface area contributed by atoms with Crippen LogP contribution in [-0.4, -0.2) is 30.5 Å². The number of rotatable bonds is 7. The first-order valence-electron chi connectivity index (χ1n) is 7.04. The molecule has 0 spiro atoms. The maximum absolute atomic E-state index is 11.1. The Balaban J connectivity index is 2.85. The van der Waals surface area contributed by atoms with Crippen LogP contribution < -0.4 is 20.6 Å². The molecule has 0 aromatic rings. The van der Waals surface area contributed by atoms with Gasteiger partial charge in [0.15, 0.2) is 0 Å². The number of aliphatic carboxylic acids is 3. The van der Waals surface area contributed by atoms with Gasteiger partial charge in [0.25, 0.3) is 0 Å². The van der Waals surface area contributed by atoms with E-state index in [1.165, 1.54) is 13.0 Å². The molecule has 1 rings (SSSR count). The third kappa shape index (κ3) is 4.70. The van der Waals surface area contributed by atoms with E-state index in [4.69, 9.17) is 0 Å². The number of quaternary nitrogens is 1. The van der Waals surface area contributed by atoms with Crippen molar-refractivity contribution < 1.29 is 35.0 Å². The Kier molecular flexibility index (Phi) is 6.30. The zero-order valence-electron chi connectivity index (χ0n) is 12.5. The Labute approximate surface area is 128 Å². The van der Waals surface area contributed by atoms with Gasteiger partial charge in [0.2, 0.25) is 0 Å². The molecule has 1 aliphatic heterocycles. The Morgan fingerprint density at radius 2 is 1.91 bits per heavy atom. The lowest BCUT2D eigenvalue weighted by Crippen LogP contribution is -2.90. The largest absolute Gasteiger partial charge is 0.550 e. The van der Waals surface area contributed by atoms with Gasteiger partial charge in [-0.1, -0.05) is 30.7 Å². The van der Waals surface area contributed by atoms with E-state index in [2.05, 4.69) is 0 Å². The Morgan fingerprint density at radius 3 is 2.41 bits per heavy atom. The summed E-state index contributed by atoms with van der Waals surface area (Å²) >= 11 is 0. The summed E-state index contributed by atoms with van der Waals surface area (Å²) in [4.78, 5) is 32.5. The van der Waals surface area contributed by atoms with Gasteiger partial charge in [0.1, 0.15) is 6.04 Å². The molecule has 1 heterocycles. The SMILES string of the molecule is C/C(=C/C=C/[C@@H](C)C(=O)[O-])[C@H]1C[NH2+][C@H](C(=O)[O-])[C@H]1CC(=O)[O-]. The van der Waals surface area contributed by atoms with Crippen molar-refractivity contribution in [1.82, 2.24) is 0 Å². The Bertz CT molecular complexity index is 510. The number of hydrogen-bond donors (Lipinski definition) is 1. The second-order valence-corrected chi connectivity index (χ2v) is 5.57. The third-order valence-electron chi connectivity index (χ3n) is 4.01. The second-order valence-electron chi connectivity index (χ2n) is 5.57. The highest BCUT2D eigenvalue weighted by Gasteiger charge is 2.41. The summed E-state index contributed by atoms with van der Waals surface area (Å²) in [6, 6.07) is -0.919. The highest BCUT2D eigenvalue weighted by Crippen LogP contribution is 2.27. The fraction of sp³-hybridized carbons (Fsp3) is 0.533. The minimum Gasteiger partial charge on any atom is -0.550 e. The van der Waals surface area contributed by atoms with Crippen LogP contribution in [0.5, 0.6) is 0 Å². The smallest absolute Gasteiger partial charge is 0.130 e. The number of hydrogen-bond acceptors (Lipinski definition) is 6. The van der Waals surface area contributed by atoms with Crippen molar-refractivity contribution >= 4 is 17.9 Å². The molecule has 122 valence electrons. The van der Waals surface area contributed by atoms with Crippen LogP contribution in [0.15, 0.2) is 23.8 Å². The summed E-state index contributed by atoms with van der Waals surface area (Å²) in [5, 5.41) is 34.0. The van der Waals surface area contributed by atoms with Crippen LogP contribution in [0.2, 0.25) is 0 Å². The molecule has 2 N–H and O–H groups in total. The first-order valence-corrected chi connectivity index (χ1v) is 7.04. The summed E-state index contributed by atoms with van der Waals surface area (Å²) in [5.74, 6) is -5.38. The van der Waals surface area contributed by atoms with Gasteiger partial charge in [-0.2, -0.15) is 0 Å². The molecular formula is C15H19NO6-2. The highest BCUT2D eigenvalue weighted by atomic mass is 16.4. The quantitative estimate of drug-likeness (QED) is 0.475. The number of carboxylic acid groups (broad SMARTS) is 3. The standard InChI is InChI=1S/C15H21NO6/c1-8(4-3-5-9(2)14(19)20)11-7-16-13(15(21)22)10(11)6-12(17)18/h3-5,9-11,13,16H,6-7H2,1-2H3,(H,17,18)(H,19,20)(H,21,22)/p-2/b5-3+,8-4-/t9-,10+,11-,13+/m1/s1. The second kappa shape index (κ2) is 7.74. The lowest BCUT2D eigenvalue weighted by molar-refractivity contribution is -0.668. The minimum atomic E-state index is -1.30. The molecule has 1 aliphatic rings. The summed E-state index contributed by atoms with van der Waals surface area (Å²) in [7, 11) is 0. The predicted molar refractivity (Wildman–Crippen MR) is 69.3 cm³/mol. The molecule has 7 nitrogen and oxygen atoms in total. The number of carbonyl (C=O) groups excluding carboxylic acids is 3. The molecule has 0 unspecified atom stereocenters. The minimum absolute atomic E-state index is 0.247. The molecule has 7 heteroatoms. The van der Waals surface area contributed by atoms with E-state index in [-0.39, 0.29) is 12.3 Å². The molecule has 0 bridgehead atoms. The van der Waals surface area contributed by atoms with E-state index in [0.29, 0.717) is 6.54 Å². The van der Waals surface area contributed by atoms with Gasteiger partial charge in [0.05, 0.1) is 12.5 Å². The van der Waals surface area contributed by atoms with Crippen LogP contribution in [0.3, 0.4) is 0 Å². The summed E-state index contributed by atoms with van der Waals surface area (Å²) in [6.45, 7) is 3.67. The lowest BCUT2D eigenvalue weighted by Gasteiger charge is -2.22. The van der Waals surface area contributed by atoms with Crippen molar-refractivity contribution in [3.05, 3.63) is 23.8 Å². The van der Waals surface area contributed by atoms with Gasteiger partial charge in [-0.3, -0.25) is 0 Å². The zero-order chi connectivity index (χ0) is 16.9. The van der Waals surface area contributed by atoms with Gasteiger partial charge >= 0.3 is 0 Å². The van der Waals surface area contributed by atoms with Gasteiger partial charge in [0, 0.05) is 29.7 Å². The predicted octanol–water partition coefficient (Wildman–Crippen LogP) is -4.06. The van der Waals surface area contributed by atoms with Gasteiger partial charge in [-0.05, 0) is 13.3 Å². The van der Waals surface area contributed by atoms with Crippen LogP contribution in [0.4, 0.5) is 0 Å². The molecule has 1 fully saturated rings. The van der Waals surface area contributed by atoms with Crippen molar-refractivity contribution in [1.29, 1.82) is 0 Å². The lowest BCUT2D eigenvalue weighted by atomic mass is 9.83. The van der Waals surface area contributed by atoms with Crippen molar-refractivity contribution in [2.45, 2.75) is 26.3 Å². The van der Waals surface area contributed by atoms with Crippen molar-refractivity contribution in [2.75, 3.05) is 6.54 Å². The fourth-order valence-corrected chi connectivity index (χ4v) is 2.73. The summed E-state index contributed by atoms with van der Waals surface area (Å²) < 4.78 is 0. The third-order valence-corrected chi connectivity index (χ3v) is 4.01. The van der Waals surface area contributed by atoms with Crippen molar-refractivity contribution in [2.24, 2.45) is 17.8 Å². The topological polar surface area (TPSA) is 137 Å². The van der Waals surface area contributed by atoms with Crippen LogP contribution >= 0.6 is 0 Å². The molecule has 0 radical (unpaired) electrons. The molecular weight excluding hydrogens is 290 g/mol. The molecule has 1 saturated heterocycles. The van der Waals surface area contributed by atoms with Crippen molar-refractivity contribution in [3.63, 3.8) is 0 Å². The van der Waals surface area contributed by atoms with Gasteiger partial charge in [-0.25, -0.2) is 0 Å². The van der Waals surface area contributed by atoms with E-state index in [0.717, 1.165) is 5.57 Å². The highest BCUT2D eigenvalue weighted by molar-refractivity contribution is 5.72. The van der Waals surface area contributed by atoms with Crippen LogP contribution in [0.1, 0.15) is 20.3 Å². The van der Waals surface area contributed by atoms with E-state index in [1.54, 1.807) is 24.4 Å². The Morgan fingerprint density at radius 1 is 1.27 bits per heavy atom. The summed E-state index contributed by atoms with van der Waals surface area (Å²) in [6.07, 6.45) is 4.31. The van der Waals surface area contributed by atoms with Crippen LogP contribution in [0, 0.1) is 17.8 Å².